The fraction of sp³-hybridized carbons (Fsp3) is 0.111. The molecule has 4 aromatic carbocycles. The molecule has 3 N–H and O–H groups in total. The molecule has 0 aliphatic heterocycles. The highest BCUT2D eigenvalue weighted by Crippen LogP contribution is 2.23. The predicted octanol–water partition coefficient (Wildman–Crippen LogP) is 4.55. The molecule has 0 saturated heterocycles. The first-order valence-electron chi connectivity index (χ1n) is 10.5. The van der Waals surface area contributed by atoms with Gasteiger partial charge in [0, 0.05) is 12.0 Å². The number of phenolic OH excluding ortho intramolecular Hbond substituents is 1. The van der Waals surface area contributed by atoms with Crippen LogP contribution in [-0.2, 0) is 17.8 Å². The van der Waals surface area contributed by atoms with Crippen LogP contribution in [0, 0.1) is 0 Å². The number of para-hydroxylation sites is 1. The van der Waals surface area contributed by atoms with Crippen LogP contribution < -0.4 is 10.1 Å². The Morgan fingerprint density at radius 3 is 2.30 bits per heavy atom. The standard InChI is InChI=1S/C27H23NO5/c29-25-9-5-4-8-21(25)16-24(27(31)32)28-26(30)22-11-10-20-15-23(13-12-19(20)14-22)33-17-18-6-2-1-3-7-18/h1-15,24,29H,16-17H2,(H,28,30)(H,31,32)/t24-/m0/s1. The van der Waals surface area contributed by atoms with Gasteiger partial charge >= 0.3 is 5.97 Å². The number of carboxylic acids is 1. The number of nitrogens with one attached hydrogen (secondary N) is 1. The maximum absolute atomic E-state index is 12.7. The van der Waals surface area contributed by atoms with Gasteiger partial charge in [-0.15, -0.1) is 0 Å². The van der Waals surface area contributed by atoms with E-state index >= 15 is 0 Å². The van der Waals surface area contributed by atoms with Crippen molar-refractivity contribution in [3.05, 3.63) is 108 Å². The number of hydrogen-bond acceptors (Lipinski definition) is 4. The molecule has 0 aliphatic rings. The van der Waals surface area contributed by atoms with E-state index < -0.39 is 17.9 Å². The summed E-state index contributed by atoms with van der Waals surface area (Å²) in [5.41, 5.74) is 1.87. The summed E-state index contributed by atoms with van der Waals surface area (Å²) in [6.07, 6.45) is -0.0244. The Balaban J connectivity index is 1.46. The molecule has 0 bridgehead atoms. The Labute approximate surface area is 191 Å². The Bertz CT molecular complexity index is 1290. The second kappa shape index (κ2) is 9.87. The van der Waals surface area contributed by atoms with Gasteiger partial charge in [0.25, 0.3) is 5.91 Å². The van der Waals surface area contributed by atoms with Gasteiger partial charge in [0.2, 0.25) is 0 Å². The lowest BCUT2D eigenvalue weighted by Crippen LogP contribution is -2.42. The summed E-state index contributed by atoms with van der Waals surface area (Å²) in [7, 11) is 0. The first kappa shape index (κ1) is 21.9. The lowest BCUT2D eigenvalue weighted by Gasteiger charge is -2.16. The molecule has 4 rings (SSSR count). The van der Waals surface area contributed by atoms with E-state index in [-0.39, 0.29) is 12.2 Å². The molecule has 1 amide bonds. The third kappa shape index (κ3) is 5.49. The molecule has 0 saturated carbocycles. The number of aliphatic carboxylic acids is 1. The fourth-order valence-electron chi connectivity index (χ4n) is 3.54. The molecule has 0 fully saturated rings. The minimum absolute atomic E-state index is 0.00556. The van der Waals surface area contributed by atoms with Crippen LogP contribution in [0.4, 0.5) is 0 Å². The number of phenols is 1. The third-order valence-corrected chi connectivity index (χ3v) is 5.34. The summed E-state index contributed by atoms with van der Waals surface area (Å²) in [6.45, 7) is 0.459. The van der Waals surface area contributed by atoms with Crippen LogP contribution in [0.1, 0.15) is 21.5 Å². The number of carbonyl (C=O) groups is 2. The average Bonchev–Trinajstić information content (AvgIpc) is 2.83. The minimum Gasteiger partial charge on any atom is -0.508 e. The van der Waals surface area contributed by atoms with Gasteiger partial charge in [-0.2, -0.15) is 0 Å². The van der Waals surface area contributed by atoms with E-state index in [9.17, 15) is 19.8 Å². The molecule has 6 heteroatoms. The van der Waals surface area contributed by atoms with Crippen molar-refractivity contribution in [2.24, 2.45) is 0 Å². The molecule has 1 atom stereocenters. The van der Waals surface area contributed by atoms with Crippen LogP contribution in [-0.4, -0.2) is 28.1 Å². The van der Waals surface area contributed by atoms with Crippen molar-refractivity contribution >= 4 is 22.6 Å². The third-order valence-electron chi connectivity index (χ3n) is 5.34. The summed E-state index contributed by atoms with van der Waals surface area (Å²) < 4.78 is 5.86. The van der Waals surface area contributed by atoms with Crippen LogP contribution in [0.25, 0.3) is 10.8 Å². The first-order valence-corrected chi connectivity index (χ1v) is 10.5. The zero-order valence-corrected chi connectivity index (χ0v) is 17.8. The van der Waals surface area contributed by atoms with Gasteiger partial charge in [-0.25, -0.2) is 4.79 Å². The summed E-state index contributed by atoms with van der Waals surface area (Å²) in [5.74, 6) is -0.956. The van der Waals surface area contributed by atoms with E-state index in [4.69, 9.17) is 4.74 Å². The number of hydrogen-bond donors (Lipinski definition) is 3. The topological polar surface area (TPSA) is 95.9 Å². The number of aromatic hydroxyl groups is 1. The molecule has 0 spiro atoms. The molecule has 0 radical (unpaired) electrons. The van der Waals surface area contributed by atoms with Gasteiger partial charge in [0.15, 0.2) is 0 Å². The molecule has 33 heavy (non-hydrogen) atoms. The van der Waals surface area contributed by atoms with E-state index in [1.165, 1.54) is 6.07 Å². The van der Waals surface area contributed by atoms with Gasteiger partial charge in [-0.05, 0) is 52.2 Å². The minimum atomic E-state index is -1.17. The van der Waals surface area contributed by atoms with Gasteiger partial charge in [0.1, 0.15) is 24.1 Å². The average molecular weight is 441 g/mol. The Kier molecular flexibility index (Phi) is 6.55. The van der Waals surface area contributed by atoms with E-state index in [1.807, 2.05) is 48.5 Å². The maximum atomic E-state index is 12.7. The van der Waals surface area contributed by atoms with Crippen molar-refractivity contribution in [1.29, 1.82) is 0 Å². The molecule has 0 heterocycles. The first-order chi connectivity index (χ1) is 16.0. The number of carbonyl (C=O) groups excluding carboxylic acids is 1. The molecule has 0 unspecified atom stereocenters. The molecule has 166 valence electrons. The second-order valence-corrected chi connectivity index (χ2v) is 7.70. The van der Waals surface area contributed by atoms with Crippen LogP contribution in [0.15, 0.2) is 91.0 Å². The number of carboxylic acid groups (broad SMARTS) is 1. The van der Waals surface area contributed by atoms with Crippen molar-refractivity contribution in [1.82, 2.24) is 5.32 Å². The number of ether oxygens (including phenoxy) is 1. The van der Waals surface area contributed by atoms with E-state index in [2.05, 4.69) is 5.32 Å². The quantitative estimate of drug-likeness (QED) is 0.373. The lowest BCUT2D eigenvalue weighted by atomic mass is 10.0. The van der Waals surface area contributed by atoms with Crippen molar-refractivity contribution in [3.8, 4) is 11.5 Å². The zero-order chi connectivity index (χ0) is 23.2. The van der Waals surface area contributed by atoms with Crippen LogP contribution >= 0.6 is 0 Å². The molecular weight excluding hydrogens is 418 g/mol. The van der Waals surface area contributed by atoms with Crippen molar-refractivity contribution in [3.63, 3.8) is 0 Å². The van der Waals surface area contributed by atoms with Crippen molar-refractivity contribution < 1.29 is 24.5 Å². The van der Waals surface area contributed by atoms with Gasteiger partial charge < -0.3 is 20.3 Å². The zero-order valence-electron chi connectivity index (χ0n) is 17.8. The van der Waals surface area contributed by atoms with Gasteiger partial charge in [-0.3, -0.25) is 4.79 Å². The SMILES string of the molecule is O=C(N[C@@H](Cc1ccccc1O)C(=O)O)c1ccc2cc(OCc3ccccc3)ccc2c1. The normalized spacial score (nSPS) is 11.6. The highest BCUT2D eigenvalue weighted by atomic mass is 16.5. The van der Waals surface area contributed by atoms with Gasteiger partial charge in [-0.1, -0.05) is 60.7 Å². The van der Waals surface area contributed by atoms with Crippen molar-refractivity contribution in [2.45, 2.75) is 19.1 Å². The lowest BCUT2D eigenvalue weighted by molar-refractivity contribution is -0.139. The number of benzene rings is 4. The summed E-state index contributed by atoms with van der Waals surface area (Å²) in [6, 6.07) is 25.9. The highest BCUT2D eigenvalue weighted by molar-refractivity contribution is 6.00. The highest BCUT2D eigenvalue weighted by Gasteiger charge is 2.22. The van der Waals surface area contributed by atoms with Crippen LogP contribution in [0.2, 0.25) is 0 Å². The summed E-state index contributed by atoms with van der Waals surface area (Å²) >= 11 is 0. The van der Waals surface area contributed by atoms with Crippen molar-refractivity contribution in [2.75, 3.05) is 0 Å². The Morgan fingerprint density at radius 2 is 1.55 bits per heavy atom. The number of rotatable bonds is 8. The Hall–Kier alpha value is -4.32. The molecular formula is C27H23NO5. The van der Waals surface area contributed by atoms with Gasteiger partial charge in [0.05, 0.1) is 0 Å². The molecule has 0 aromatic heterocycles. The second-order valence-electron chi connectivity index (χ2n) is 7.70. The van der Waals surface area contributed by atoms with Crippen LogP contribution in [0.5, 0.6) is 11.5 Å². The van der Waals surface area contributed by atoms with E-state index in [0.717, 1.165) is 22.1 Å². The largest absolute Gasteiger partial charge is 0.508 e. The van der Waals surface area contributed by atoms with E-state index in [1.54, 1.807) is 36.4 Å². The predicted molar refractivity (Wildman–Crippen MR) is 125 cm³/mol. The van der Waals surface area contributed by atoms with E-state index in [0.29, 0.717) is 17.7 Å². The maximum Gasteiger partial charge on any atom is 0.326 e. The number of fused-ring (bicyclic) bond motifs is 1. The summed E-state index contributed by atoms with van der Waals surface area (Å²) in [4.78, 5) is 24.4. The molecule has 4 aromatic rings. The fourth-order valence-corrected chi connectivity index (χ4v) is 3.54. The smallest absolute Gasteiger partial charge is 0.326 e. The Morgan fingerprint density at radius 1 is 0.848 bits per heavy atom. The molecule has 0 aliphatic carbocycles. The summed E-state index contributed by atoms with van der Waals surface area (Å²) in [5, 5.41) is 23.8. The number of amides is 1. The monoisotopic (exact) mass is 441 g/mol. The van der Waals surface area contributed by atoms with Crippen LogP contribution in [0.3, 0.4) is 0 Å². The molecule has 6 nitrogen and oxygen atoms in total.